The number of para-hydroxylation sites is 1. The number of ether oxygens (including phenoxy) is 1. The van der Waals surface area contributed by atoms with Gasteiger partial charge in [-0.3, -0.25) is 9.59 Å². The lowest BCUT2D eigenvalue weighted by Gasteiger charge is -2.36. The molecule has 1 aliphatic rings. The highest BCUT2D eigenvalue weighted by molar-refractivity contribution is 7.89. The van der Waals surface area contributed by atoms with Gasteiger partial charge in [-0.2, -0.15) is 4.31 Å². The van der Waals surface area contributed by atoms with Gasteiger partial charge in [0.05, 0.1) is 17.5 Å². The largest absolute Gasteiger partial charge is 0.488 e. The Morgan fingerprint density at radius 3 is 2.45 bits per heavy atom. The van der Waals surface area contributed by atoms with Crippen LogP contribution < -0.4 is 10.1 Å². The third-order valence-corrected chi connectivity index (χ3v) is 11.7. The zero-order chi connectivity index (χ0) is 37.2. The number of fused-ring (bicyclic) bond motifs is 2. The lowest BCUT2D eigenvalue weighted by Crippen LogP contribution is -2.49. The molecular weight excluding hydrogens is 675 g/mol. The molecule has 13 nitrogen and oxygen atoms in total. The summed E-state index contributed by atoms with van der Waals surface area (Å²) in [4.78, 5) is 37.6. The van der Waals surface area contributed by atoms with Gasteiger partial charge in [0.1, 0.15) is 28.3 Å². The van der Waals surface area contributed by atoms with Crippen molar-refractivity contribution in [2.75, 3.05) is 6.54 Å². The molecule has 3 aromatic carbocycles. The maximum absolute atomic E-state index is 14.2. The summed E-state index contributed by atoms with van der Waals surface area (Å²) in [6.07, 6.45) is -0.484. The van der Waals surface area contributed by atoms with Crippen LogP contribution in [0.3, 0.4) is 0 Å². The van der Waals surface area contributed by atoms with Crippen LogP contribution in [0.1, 0.15) is 80.7 Å². The van der Waals surface area contributed by atoms with Crippen LogP contribution in [0.2, 0.25) is 0 Å². The van der Waals surface area contributed by atoms with Gasteiger partial charge in [-0.25, -0.2) is 17.9 Å². The molecule has 3 atom stereocenters. The second-order valence-corrected chi connectivity index (χ2v) is 15.5. The summed E-state index contributed by atoms with van der Waals surface area (Å²) in [6, 6.07) is 14.7. The maximum Gasteiger partial charge on any atom is 0.326 e. The van der Waals surface area contributed by atoms with Crippen molar-refractivity contribution in [3.8, 4) is 5.75 Å². The third kappa shape index (κ3) is 7.47. The Bertz CT molecular complexity index is 2080. The molecule has 51 heavy (non-hydrogen) atoms. The monoisotopic (exact) mass is 719 g/mol. The smallest absolute Gasteiger partial charge is 0.326 e. The van der Waals surface area contributed by atoms with E-state index in [9.17, 15) is 33.0 Å². The van der Waals surface area contributed by atoms with Crippen molar-refractivity contribution in [1.82, 2.24) is 24.6 Å². The number of benzene rings is 3. The van der Waals surface area contributed by atoms with Crippen LogP contribution in [-0.2, 0) is 37.5 Å². The number of aromatic nitrogens is 3. The molecule has 14 heteroatoms. The van der Waals surface area contributed by atoms with E-state index in [1.54, 1.807) is 42.8 Å². The minimum Gasteiger partial charge on any atom is -0.488 e. The number of carboxylic acids is 2. The van der Waals surface area contributed by atoms with Gasteiger partial charge in [0.2, 0.25) is 15.9 Å². The van der Waals surface area contributed by atoms with E-state index in [0.29, 0.717) is 29.8 Å². The molecule has 0 radical (unpaired) electrons. The molecule has 1 aromatic heterocycles. The average Bonchev–Trinajstić information content (AvgIpc) is 3.47. The zero-order valence-electron chi connectivity index (χ0n) is 29.7. The van der Waals surface area contributed by atoms with Gasteiger partial charge in [-0.05, 0) is 79.6 Å². The fourth-order valence-corrected chi connectivity index (χ4v) is 8.32. The molecule has 0 saturated heterocycles. The molecule has 0 fully saturated rings. The number of rotatable bonds is 13. The van der Waals surface area contributed by atoms with Crippen molar-refractivity contribution in [3.05, 3.63) is 82.4 Å². The molecule has 0 unspecified atom stereocenters. The topological polar surface area (TPSA) is 181 Å². The third-order valence-electron chi connectivity index (χ3n) is 9.83. The minimum atomic E-state index is -3.94. The lowest BCUT2D eigenvalue weighted by atomic mass is 9.69. The first-order chi connectivity index (χ1) is 24.1. The number of aryl methyl sites for hydroxylation is 3. The Balaban J connectivity index is 1.62. The fraction of sp³-hybridized carbons (Fsp3) is 0.432. The predicted molar refractivity (Wildman–Crippen MR) is 190 cm³/mol. The molecule has 5 rings (SSSR count). The highest BCUT2D eigenvalue weighted by Gasteiger charge is 2.42. The average molecular weight is 720 g/mol. The molecule has 1 aliphatic heterocycles. The molecule has 0 bridgehead atoms. The van der Waals surface area contributed by atoms with E-state index in [1.807, 2.05) is 58.0 Å². The van der Waals surface area contributed by atoms with E-state index in [0.717, 1.165) is 27.8 Å². The molecule has 0 spiro atoms. The van der Waals surface area contributed by atoms with E-state index in [-0.39, 0.29) is 30.5 Å². The first-order valence-corrected chi connectivity index (χ1v) is 18.5. The Hall–Kier alpha value is -4.82. The lowest BCUT2D eigenvalue weighted by molar-refractivity contribution is -0.144. The van der Waals surface area contributed by atoms with Crippen molar-refractivity contribution in [3.63, 3.8) is 0 Å². The highest BCUT2D eigenvalue weighted by Crippen LogP contribution is 2.44. The molecule has 2 heterocycles. The van der Waals surface area contributed by atoms with Crippen LogP contribution in [0, 0.1) is 19.3 Å². The summed E-state index contributed by atoms with van der Waals surface area (Å²) in [5.41, 5.74) is 4.01. The normalized spacial score (nSPS) is 17.2. The second kappa shape index (κ2) is 14.8. The maximum atomic E-state index is 14.2. The summed E-state index contributed by atoms with van der Waals surface area (Å²) in [5.74, 6) is -3.44. The summed E-state index contributed by atoms with van der Waals surface area (Å²) < 4.78 is 37.4. The van der Waals surface area contributed by atoms with Gasteiger partial charge in [0.15, 0.2) is 0 Å². The van der Waals surface area contributed by atoms with Gasteiger partial charge < -0.3 is 20.3 Å². The summed E-state index contributed by atoms with van der Waals surface area (Å²) in [7, 11) is -3.94. The first kappa shape index (κ1) is 37.4. The van der Waals surface area contributed by atoms with Crippen LogP contribution in [0.4, 0.5) is 0 Å². The van der Waals surface area contributed by atoms with E-state index in [2.05, 4.69) is 15.6 Å². The van der Waals surface area contributed by atoms with Crippen molar-refractivity contribution in [2.24, 2.45) is 5.41 Å². The number of carboxylic acid groups (broad SMARTS) is 2. The first-order valence-electron chi connectivity index (χ1n) is 17.0. The number of nitrogens with zero attached hydrogens (tertiary/aromatic N) is 4. The van der Waals surface area contributed by atoms with Crippen molar-refractivity contribution in [1.29, 1.82) is 0 Å². The Kier molecular flexibility index (Phi) is 10.9. The SMILES string of the molecule is CC[C@@H]1CN(Cc2cc([C@@H](c3ccc4c(nnn4CC)c3C)C(C)(C)C(=O)N[C@H](CCC(=O)O)C(=O)O)ccc2C)S(=O)(=O)c2ccccc2O1. The van der Waals surface area contributed by atoms with Gasteiger partial charge in [-0.1, -0.05) is 62.4 Å². The quantitative estimate of drug-likeness (QED) is 0.170. The number of hydrogen-bond acceptors (Lipinski definition) is 8. The zero-order valence-corrected chi connectivity index (χ0v) is 30.5. The number of amides is 1. The Morgan fingerprint density at radius 1 is 1.06 bits per heavy atom. The van der Waals surface area contributed by atoms with E-state index in [1.165, 1.54) is 4.31 Å². The molecular formula is C37H45N5O8S. The highest BCUT2D eigenvalue weighted by atomic mass is 32.2. The number of sulfonamides is 1. The number of nitrogens with one attached hydrogen (secondary N) is 1. The van der Waals surface area contributed by atoms with Gasteiger partial charge in [0, 0.05) is 25.4 Å². The number of aliphatic carboxylic acids is 2. The molecule has 0 aliphatic carbocycles. The minimum absolute atomic E-state index is 0.0503. The van der Waals surface area contributed by atoms with Crippen LogP contribution in [0.25, 0.3) is 11.0 Å². The Morgan fingerprint density at radius 2 is 1.78 bits per heavy atom. The number of hydrogen-bond donors (Lipinski definition) is 3. The van der Waals surface area contributed by atoms with Crippen molar-refractivity contribution >= 4 is 38.9 Å². The molecule has 1 amide bonds. The van der Waals surface area contributed by atoms with Crippen molar-refractivity contribution in [2.45, 2.75) is 96.9 Å². The fourth-order valence-electron chi connectivity index (χ4n) is 6.75. The summed E-state index contributed by atoms with van der Waals surface area (Å²) in [6.45, 7) is 11.9. The molecule has 3 N–H and O–H groups in total. The van der Waals surface area contributed by atoms with Crippen LogP contribution >= 0.6 is 0 Å². The molecule has 4 aromatic rings. The molecule has 0 saturated carbocycles. The van der Waals surface area contributed by atoms with E-state index >= 15 is 0 Å². The van der Waals surface area contributed by atoms with E-state index in [4.69, 9.17) is 4.74 Å². The van der Waals surface area contributed by atoms with Crippen LogP contribution in [0.5, 0.6) is 5.75 Å². The van der Waals surface area contributed by atoms with Gasteiger partial charge in [0.25, 0.3) is 0 Å². The van der Waals surface area contributed by atoms with Gasteiger partial charge >= 0.3 is 11.9 Å². The van der Waals surface area contributed by atoms with Gasteiger partial charge in [-0.15, -0.1) is 5.10 Å². The summed E-state index contributed by atoms with van der Waals surface area (Å²) >= 11 is 0. The van der Waals surface area contributed by atoms with Crippen molar-refractivity contribution < 1.29 is 37.8 Å². The van der Waals surface area contributed by atoms with E-state index < -0.39 is 51.7 Å². The predicted octanol–water partition coefficient (Wildman–Crippen LogP) is 5.02. The number of carbonyl (C=O) groups excluding carboxylic acids is 1. The second-order valence-electron chi connectivity index (χ2n) is 13.6. The van der Waals surface area contributed by atoms with Crippen LogP contribution in [-0.4, -0.2) is 74.5 Å². The molecule has 272 valence electrons. The standard InChI is InChI=1S/C37H45N5O8S/c1-7-26-21-41(51(48,49)31-12-10-9-11-30(31)50-26)20-25-19-24(14-13-22(25)3)33(27-15-17-29-34(23(27)4)39-40-42(29)8-2)37(5,6)36(47)38-28(35(45)46)16-18-32(43)44/h9-15,17,19,26,28,33H,7-8,16,18,20-21H2,1-6H3,(H,38,47)(H,43,44)(H,45,46)/t26-,28-,33+/m1/s1. The summed E-state index contributed by atoms with van der Waals surface area (Å²) in [5, 5.41) is 30.3. The Labute approximate surface area is 297 Å². The van der Waals surface area contributed by atoms with Crippen LogP contribution in [0.15, 0.2) is 59.5 Å². The number of carbonyl (C=O) groups is 3.